The highest BCUT2D eigenvalue weighted by atomic mass is 15.2. The lowest BCUT2D eigenvalue weighted by molar-refractivity contribution is 0.134. The molecule has 1 aliphatic rings. The molecule has 0 aromatic carbocycles. The third-order valence-electron chi connectivity index (χ3n) is 4.21. The molecule has 0 saturated heterocycles. The van der Waals surface area contributed by atoms with Crippen LogP contribution in [0.5, 0.6) is 0 Å². The smallest absolute Gasteiger partial charge is 0.00967 e. The van der Waals surface area contributed by atoms with Gasteiger partial charge in [-0.2, -0.15) is 0 Å². The molecule has 1 aliphatic carbocycles. The molecular formula is C17H36N2. The van der Waals surface area contributed by atoms with Crippen LogP contribution < -0.4 is 5.32 Å². The zero-order valence-electron chi connectivity index (χ0n) is 14.1. The Morgan fingerprint density at radius 1 is 1.16 bits per heavy atom. The Morgan fingerprint density at radius 2 is 1.79 bits per heavy atom. The van der Waals surface area contributed by atoms with Gasteiger partial charge in [-0.15, -0.1) is 0 Å². The van der Waals surface area contributed by atoms with Crippen molar-refractivity contribution < 1.29 is 0 Å². The van der Waals surface area contributed by atoms with E-state index in [0.29, 0.717) is 5.41 Å². The molecule has 114 valence electrons. The first-order valence-corrected chi connectivity index (χ1v) is 8.31. The maximum Gasteiger partial charge on any atom is 0.00967 e. The predicted molar refractivity (Wildman–Crippen MR) is 85.5 cm³/mol. The Bertz CT molecular complexity index is 246. The van der Waals surface area contributed by atoms with Crippen LogP contribution in [-0.4, -0.2) is 37.1 Å². The van der Waals surface area contributed by atoms with Crippen LogP contribution in [0.3, 0.4) is 0 Å². The van der Waals surface area contributed by atoms with E-state index < -0.39 is 0 Å². The third kappa shape index (κ3) is 6.76. The Kier molecular flexibility index (Phi) is 6.82. The minimum Gasteiger partial charge on any atom is -0.316 e. The summed E-state index contributed by atoms with van der Waals surface area (Å²) in [6, 6.07) is 0.887. The maximum atomic E-state index is 3.67. The Balaban J connectivity index is 2.46. The van der Waals surface area contributed by atoms with Gasteiger partial charge >= 0.3 is 0 Å². The van der Waals surface area contributed by atoms with Crippen LogP contribution in [0.4, 0.5) is 0 Å². The van der Waals surface area contributed by atoms with Crippen molar-refractivity contribution in [3.8, 4) is 0 Å². The average molecular weight is 268 g/mol. The Hall–Kier alpha value is -0.0800. The van der Waals surface area contributed by atoms with E-state index in [1.54, 1.807) is 0 Å². The first-order valence-electron chi connectivity index (χ1n) is 8.31. The quantitative estimate of drug-likeness (QED) is 0.649. The minimum atomic E-state index is 0.423. The molecule has 1 N–H and O–H groups in total. The summed E-state index contributed by atoms with van der Waals surface area (Å²) in [5, 5.41) is 3.67. The van der Waals surface area contributed by atoms with Crippen LogP contribution >= 0.6 is 0 Å². The van der Waals surface area contributed by atoms with E-state index in [4.69, 9.17) is 0 Å². The summed E-state index contributed by atoms with van der Waals surface area (Å²) in [5.41, 5.74) is 0.423. The second-order valence-electron chi connectivity index (χ2n) is 7.74. The molecule has 1 atom stereocenters. The topological polar surface area (TPSA) is 15.3 Å². The third-order valence-corrected chi connectivity index (χ3v) is 4.21. The van der Waals surface area contributed by atoms with Crippen LogP contribution in [0.2, 0.25) is 0 Å². The molecule has 2 heteroatoms. The lowest BCUT2D eigenvalue weighted by Crippen LogP contribution is -2.44. The van der Waals surface area contributed by atoms with Gasteiger partial charge in [-0.05, 0) is 43.1 Å². The second-order valence-corrected chi connectivity index (χ2v) is 7.74. The second kappa shape index (κ2) is 7.64. The fourth-order valence-corrected chi connectivity index (χ4v) is 2.70. The van der Waals surface area contributed by atoms with Crippen molar-refractivity contribution in [2.24, 2.45) is 17.3 Å². The molecule has 0 aliphatic heterocycles. The van der Waals surface area contributed by atoms with Crippen LogP contribution in [0.15, 0.2) is 0 Å². The zero-order valence-corrected chi connectivity index (χ0v) is 14.1. The number of nitrogens with one attached hydrogen (secondary N) is 1. The summed E-state index contributed by atoms with van der Waals surface area (Å²) < 4.78 is 0. The zero-order chi connectivity index (χ0) is 14.5. The molecule has 0 bridgehead atoms. The highest BCUT2D eigenvalue weighted by molar-refractivity contribution is 4.89. The van der Waals surface area contributed by atoms with Crippen LogP contribution in [0.25, 0.3) is 0 Å². The molecule has 19 heavy (non-hydrogen) atoms. The standard InChI is InChI=1S/C17H36N2/c1-7-17(6,12-18-10-14(2)3)13-19(11-15(4)5)16-8-9-16/h14-16,18H,7-13H2,1-6H3. The SMILES string of the molecule is CCC(C)(CNCC(C)C)CN(CC(C)C)C1CC1. The van der Waals surface area contributed by atoms with Crippen LogP contribution in [0, 0.1) is 17.3 Å². The summed E-state index contributed by atoms with van der Waals surface area (Å²) in [6.07, 6.45) is 4.11. The van der Waals surface area contributed by atoms with Crippen LogP contribution in [0.1, 0.15) is 60.8 Å². The molecule has 1 fully saturated rings. The van der Waals surface area contributed by atoms with Gasteiger partial charge in [0.2, 0.25) is 0 Å². The number of hydrogen-bond acceptors (Lipinski definition) is 2. The average Bonchev–Trinajstić information content (AvgIpc) is 3.10. The van der Waals surface area contributed by atoms with Crippen molar-refractivity contribution in [2.45, 2.75) is 66.8 Å². The largest absolute Gasteiger partial charge is 0.316 e. The van der Waals surface area contributed by atoms with Gasteiger partial charge in [-0.3, -0.25) is 4.90 Å². The van der Waals surface area contributed by atoms with Gasteiger partial charge in [0.25, 0.3) is 0 Å². The number of hydrogen-bond donors (Lipinski definition) is 1. The van der Waals surface area contributed by atoms with Gasteiger partial charge in [0.05, 0.1) is 0 Å². The fraction of sp³-hybridized carbons (Fsp3) is 1.00. The summed E-state index contributed by atoms with van der Waals surface area (Å²) >= 11 is 0. The first kappa shape index (κ1) is 17.0. The van der Waals surface area contributed by atoms with E-state index in [1.807, 2.05) is 0 Å². The molecule has 0 aromatic heterocycles. The van der Waals surface area contributed by atoms with E-state index in [9.17, 15) is 0 Å². The van der Waals surface area contributed by atoms with Gasteiger partial charge < -0.3 is 5.32 Å². The van der Waals surface area contributed by atoms with Crippen LogP contribution in [-0.2, 0) is 0 Å². The molecule has 0 radical (unpaired) electrons. The lowest BCUT2D eigenvalue weighted by atomic mass is 9.86. The molecule has 0 amide bonds. The van der Waals surface area contributed by atoms with Crippen molar-refractivity contribution in [3.63, 3.8) is 0 Å². The van der Waals surface area contributed by atoms with Gasteiger partial charge in [-0.1, -0.05) is 41.5 Å². The summed E-state index contributed by atoms with van der Waals surface area (Å²) in [5.74, 6) is 1.53. The molecule has 0 aromatic rings. The van der Waals surface area contributed by atoms with E-state index in [2.05, 4.69) is 51.8 Å². The highest BCUT2D eigenvalue weighted by Gasteiger charge is 2.34. The summed E-state index contributed by atoms with van der Waals surface area (Å²) in [7, 11) is 0. The van der Waals surface area contributed by atoms with E-state index in [-0.39, 0.29) is 0 Å². The van der Waals surface area contributed by atoms with Crippen molar-refractivity contribution in [2.75, 3.05) is 26.2 Å². The van der Waals surface area contributed by atoms with Gasteiger partial charge in [0.15, 0.2) is 0 Å². The van der Waals surface area contributed by atoms with Gasteiger partial charge in [-0.25, -0.2) is 0 Å². The molecule has 0 heterocycles. The lowest BCUT2D eigenvalue weighted by Gasteiger charge is -2.36. The Morgan fingerprint density at radius 3 is 2.21 bits per heavy atom. The molecule has 1 rings (SSSR count). The van der Waals surface area contributed by atoms with E-state index in [1.165, 1.54) is 32.4 Å². The molecule has 2 nitrogen and oxygen atoms in total. The maximum absolute atomic E-state index is 3.67. The predicted octanol–water partition coefficient (Wildman–Crippen LogP) is 3.77. The number of nitrogens with zero attached hydrogens (tertiary/aromatic N) is 1. The van der Waals surface area contributed by atoms with Gasteiger partial charge in [0.1, 0.15) is 0 Å². The van der Waals surface area contributed by atoms with Crippen molar-refractivity contribution in [3.05, 3.63) is 0 Å². The molecular weight excluding hydrogens is 232 g/mol. The van der Waals surface area contributed by atoms with Crippen molar-refractivity contribution in [1.29, 1.82) is 0 Å². The normalized spacial score (nSPS) is 19.4. The minimum absolute atomic E-state index is 0.423. The van der Waals surface area contributed by atoms with Crippen molar-refractivity contribution in [1.82, 2.24) is 10.2 Å². The van der Waals surface area contributed by atoms with Gasteiger partial charge in [0, 0.05) is 25.7 Å². The molecule has 0 spiro atoms. The summed E-state index contributed by atoms with van der Waals surface area (Å²) in [6.45, 7) is 18.9. The first-order chi connectivity index (χ1) is 8.86. The molecule has 1 saturated carbocycles. The highest BCUT2D eigenvalue weighted by Crippen LogP contribution is 2.32. The molecule has 1 unspecified atom stereocenters. The van der Waals surface area contributed by atoms with E-state index in [0.717, 1.165) is 31.0 Å². The van der Waals surface area contributed by atoms with E-state index >= 15 is 0 Å². The Labute approximate surface area is 121 Å². The number of rotatable bonds is 10. The monoisotopic (exact) mass is 268 g/mol. The summed E-state index contributed by atoms with van der Waals surface area (Å²) in [4.78, 5) is 2.76. The fourth-order valence-electron chi connectivity index (χ4n) is 2.70. The van der Waals surface area contributed by atoms with Crippen molar-refractivity contribution >= 4 is 0 Å².